The summed E-state index contributed by atoms with van der Waals surface area (Å²) in [5.74, 6) is 2.19. The summed E-state index contributed by atoms with van der Waals surface area (Å²) in [6, 6.07) is 9.83. The normalized spacial score (nSPS) is 23.2. The summed E-state index contributed by atoms with van der Waals surface area (Å²) in [4.78, 5) is 12.2. The van der Waals surface area contributed by atoms with Crippen LogP contribution in [-0.2, 0) is 26.8 Å². The molecule has 0 aromatic heterocycles. The number of unbranched alkanes of at least 4 members (excludes halogenated alkanes) is 3. The SMILES string of the molecule is CCCCC[C@H](O)CC[C@H]1C(O[Si](CC)(CC)CC)CC2Cc3c(cccc3OCC(=O)OCCCC)C[C@@H]21. The second-order valence-electron chi connectivity index (χ2n) is 12.1. The van der Waals surface area contributed by atoms with Gasteiger partial charge in [-0.05, 0) is 98.0 Å². The van der Waals surface area contributed by atoms with Gasteiger partial charge < -0.3 is 19.0 Å². The Morgan fingerprint density at radius 1 is 1.00 bits per heavy atom. The van der Waals surface area contributed by atoms with Crippen LogP contribution in [0.2, 0.25) is 18.1 Å². The van der Waals surface area contributed by atoms with Crippen molar-refractivity contribution >= 4 is 14.3 Å². The summed E-state index contributed by atoms with van der Waals surface area (Å²) in [5, 5.41) is 10.8. The first kappa shape index (κ1) is 32.1. The fraction of sp³-hybridized carbons (Fsp3) is 0.788. The lowest BCUT2D eigenvalue weighted by atomic mass is 9.73. The first-order valence-electron chi connectivity index (χ1n) is 16.1. The largest absolute Gasteiger partial charge is 0.482 e. The molecule has 39 heavy (non-hydrogen) atoms. The lowest BCUT2D eigenvalue weighted by Crippen LogP contribution is -2.42. The van der Waals surface area contributed by atoms with Gasteiger partial charge in [0.1, 0.15) is 5.75 Å². The molecule has 222 valence electrons. The molecule has 2 aliphatic carbocycles. The fourth-order valence-electron chi connectivity index (χ4n) is 7.04. The summed E-state index contributed by atoms with van der Waals surface area (Å²) < 4.78 is 18.5. The van der Waals surface area contributed by atoms with E-state index in [0.717, 1.165) is 63.5 Å². The third-order valence-electron chi connectivity index (χ3n) is 9.74. The number of hydrogen-bond donors (Lipinski definition) is 1. The lowest BCUT2D eigenvalue weighted by molar-refractivity contribution is -0.146. The molecule has 0 radical (unpaired) electrons. The van der Waals surface area contributed by atoms with Gasteiger partial charge in [0.2, 0.25) is 0 Å². The number of ether oxygens (including phenoxy) is 2. The van der Waals surface area contributed by atoms with Crippen molar-refractivity contribution < 1.29 is 23.8 Å². The minimum Gasteiger partial charge on any atom is -0.482 e. The van der Waals surface area contributed by atoms with Crippen LogP contribution < -0.4 is 4.74 Å². The monoisotopic (exact) mass is 560 g/mol. The van der Waals surface area contributed by atoms with E-state index in [2.05, 4.69) is 46.8 Å². The fourth-order valence-corrected chi connectivity index (χ4v) is 9.95. The molecular weight excluding hydrogens is 504 g/mol. The molecule has 0 heterocycles. The van der Waals surface area contributed by atoms with Crippen molar-refractivity contribution in [3.8, 4) is 5.75 Å². The lowest BCUT2D eigenvalue weighted by Gasteiger charge is -2.36. The Labute approximate surface area is 239 Å². The van der Waals surface area contributed by atoms with Gasteiger partial charge in [-0.25, -0.2) is 4.79 Å². The van der Waals surface area contributed by atoms with Gasteiger partial charge in [0, 0.05) is 6.10 Å². The van der Waals surface area contributed by atoms with E-state index < -0.39 is 8.32 Å². The van der Waals surface area contributed by atoms with Gasteiger partial charge in [0.15, 0.2) is 14.9 Å². The highest BCUT2D eigenvalue weighted by Crippen LogP contribution is 2.50. The van der Waals surface area contributed by atoms with Gasteiger partial charge in [-0.3, -0.25) is 0 Å². The molecule has 5 atom stereocenters. The molecule has 2 aliphatic rings. The molecule has 0 amide bonds. The van der Waals surface area contributed by atoms with Crippen molar-refractivity contribution in [3.63, 3.8) is 0 Å². The Kier molecular flexibility index (Phi) is 13.3. The highest BCUT2D eigenvalue weighted by atomic mass is 28.4. The number of hydrogen-bond acceptors (Lipinski definition) is 5. The van der Waals surface area contributed by atoms with E-state index in [-0.39, 0.29) is 18.7 Å². The standard InChI is InChI=1S/C33H56O5Si/c1-6-11-13-16-27(34)18-19-28-29-21-25-15-14-17-31(37-24-33(35)36-20-12-7-2)30(25)22-26(29)23-32(28)38-39(8-3,9-4)10-5/h14-15,17,26-29,32,34H,6-13,16,18-24H2,1-5H3/t26?,27-,28+,29-,32?/m0/s1. The van der Waals surface area contributed by atoms with Crippen LogP contribution in [0.15, 0.2) is 18.2 Å². The average molecular weight is 561 g/mol. The van der Waals surface area contributed by atoms with Crippen LogP contribution in [0.5, 0.6) is 5.75 Å². The van der Waals surface area contributed by atoms with E-state index >= 15 is 0 Å². The number of aliphatic hydroxyl groups excluding tert-OH is 1. The van der Waals surface area contributed by atoms with Crippen molar-refractivity contribution in [2.24, 2.45) is 17.8 Å². The minimum atomic E-state index is -1.74. The molecule has 1 aromatic carbocycles. The third kappa shape index (κ3) is 8.80. The topological polar surface area (TPSA) is 65.0 Å². The number of aliphatic hydroxyl groups is 1. The zero-order valence-corrected chi connectivity index (χ0v) is 26.5. The quantitative estimate of drug-likeness (QED) is 0.112. The van der Waals surface area contributed by atoms with E-state index in [9.17, 15) is 9.90 Å². The highest BCUT2D eigenvalue weighted by Gasteiger charge is 2.48. The summed E-state index contributed by atoms with van der Waals surface area (Å²) >= 11 is 0. The number of carbonyl (C=O) groups excluding carboxylic acids is 1. The molecule has 1 fully saturated rings. The van der Waals surface area contributed by atoms with Gasteiger partial charge in [-0.15, -0.1) is 0 Å². The van der Waals surface area contributed by atoms with Gasteiger partial charge in [0.05, 0.1) is 12.7 Å². The first-order valence-corrected chi connectivity index (χ1v) is 18.7. The predicted octanol–water partition coefficient (Wildman–Crippen LogP) is 7.87. The van der Waals surface area contributed by atoms with Crippen molar-refractivity contribution in [2.45, 2.75) is 136 Å². The van der Waals surface area contributed by atoms with Gasteiger partial charge in [0.25, 0.3) is 0 Å². The summed E-state index contributed by atoms with van der Waals surface area (Å²) in [6.45, 7) is 11.7. The van der Waals surface area contributed by atoms with E-state index in [4.69, 9.17) is 13.9 Å². The maximum atomic E-state index is 12.2. The van der Waals surface area contributed by atoms with E-state index in [1.807, 2.05) is 6.07 Å². The van der Waals surface area contributed by atoms with Crippen molar-refractivity contribution in [1.29, 1.82) is 0 Å². The van der Waals surface area contributed by atoms with E-state index in [1.54, 1.807) is 0 Å². The van der Waals surface area contributed by atoms with Crippen molar-refractivity contribution in [1.82, 2.24) is 0 Å². The van der Waals surface area contributed by atoms with Crippen LogP contribution in [0.3, 0.4) is 0 Å². The Morgan fingerprint density at radius 3 is 2.44 bits per heavy atom. The second kappa shape index (κ2) is 16.2. The van der Waals surface area contributed by atoms with Crippen molar-refractivity contribution in [3.05, 3.63) is 29.3 Å². The maximum Gasteiger partial charge on any atom is 0.344 e. The van der Waals surface area contributed by atoms with Gasteiger partial charge in [-0.2, -0.15) is 0 Å². The number of carbonyl (C=O) groups is 1. The van der Waals surface area contributed by atoms with Gasteiger partial charge in [-0.1, -0.05) is 72.4 Å². The molecular formula is C33H56O5Si. The van der Waals surface area contributed by atoms with Crippen LogP contribution in [-0.4, -0.2) is 44.8 Å². The van der Waals surface area contributed by atoms with E-state index in [0.29, 0.717) is 30.5 Å². The molecule has 0 spiro atoms. The molecule has 1 N–H and O–H groups in total. The van der Waals surface area contributed by atoms with Gasteiger partial charge >= 0.3 is 5.97 Å². The smallest absolute Gasteiger partial charge is 0.344 e. The van der Waals surface area contributed by atoms with Crippen LogP contribution in [0.4, 0.5) is 0 Å². The Bertz CT molecular complexity index is 861. The molecule has 5 nitrogen and oxygen atoms in total. The maximum absolute atomic E-state index is 12.2. The van der Waals surface area contributed by atoms with Crippen LogP contribution in [0, 0.1) is 17.8 Å². The predicted molar refractivity (Wildman–Crippen MR) is 162 cm³/mol. The second-order valence-corrected chi connectivity index (χ2v) is 16.8. The number of benzene rings is 1. The Hall–Kier alpha value is -1.37. The molecule has 3 rings (SSSR count). The number of fused-ring (bicyclic) bond motifs is 2. The zero-order valence-electron chi connectivity index (χ0n) is 25.5. The molecule has 0 saturated heterocycles. The summed E-state index contributed by atoms with van der Waals surface area (Å²) in [5.41, 5.74) is 2.62. The van der Waals surface area contributed by atoms with Crippen molar-refractivity contribution in [2.75, 3.05) is 13.2 Å². The zero-order chi connectivity index (χ0) is 28.3. The average Bonchev–Trinajstić information content (AvgIpc) is 3.28. The first-order chi connectivity index (χ1) is 18.9. The highest BCUT2D eigenvalue weighted by molar-refractivity contribution is 6.73. The van der Waals surface area contributed by atoms with Crippen LogP contribution in [0.1, 0.15) is 104 Å². The summed E-state index contributed by atoms with van der Waals surface area (Å²) in [7, 11) is -1.74. The number of esters is 1. The molecule has 0 aliphatic heterocycles. The Morgan fingerprint density at radius 2 is 1.74 bits per heavy atom. The molecule has 0 bridgehead atoms. The molecule has 2 unspecified atom stereocenters. The molecule has 1 saturated carbocycles. The molecule has 6 heteroatoms. The van der Waals surface area contributed by atoms with E-state index in [1.165, 1.54) is 42.1 Å². The number of rotatable bonds is 18. The summed E-state index contributed by atoms with van der Waals surface area (Å²) in [6.07, 6.45) is 11.5. The van der Waals surface area contributed by atoms with Crippen LogP contribution in [0.25, 0.3) is 0 Å². The molecule has 1 aromatic rings. The Balaban J connectivity index is 1.73. The van der Waals surface area contributed by atoms with Crippen LogP contribution >= 0.6 is 0 Å². The third-order valence-corrected chi connectivity index (χ3v) is 14.4. The minimum absolute atomic E-state index is 0.0316.